The number of hydrogen-bond acceptors (Lipinski definition) is 2. The summed E-state index contributed by atoms with van der Waals surface area (Å²) in [5.41, 5.74) is 7.46. The van der Waals surface area contributed by atoms with Gasteiger partial charge in [0.25, 0.3) is 0 Å². The molecule has 2 aromatic carbocycles. The summed E-state index contributed by atoms with van der Waals surface area (Å²) in [6, 6.07) is 7.44. The van der Waals surface area contributed by atoms with E-state index in [-0.39, 0.29) is 0 Å². The zero-order valence-corrected chi connectivity index (χ0v) is 10.7. The molecule has 0 saturated heterocycles. The van der Waals surface area contributed by atoms with Crippen LogP contribution in [0.3, 0.4) is 0 Å². The number of imidazole rings is 1. The van der Waals surface area contributed by atoms with Crippen LogP contribution in [0.15, 0.2) is 42.6 Å². The lowest BCUT2D eigenvalue weighted by atomic mass is 10.1. The van der Waals surface area contributed by atoms with E-state index in [9.17, 15) is 13.2 Å². The quantitative estimate of drug-likeness (QED) is 0.706. The Hall–Kier alpha value is -2.76. The third-order valence-electron chi connectivity index (χ3n) is 3.08. The van der Waals surface area contributed by atoms with Crippen molar-refractivity contribution in [3.8, 4) is 22.6 Å². The number of H-pyrrole nitrogens is 1. The number of nitrogens with one attached hydrogen (secondary N) is 1. The molecule has 0 radical (unpaired) electrons. The lowest BCUT2D eigenvalue weighted by Crippen LogP contribution is -1.92. The Morgan fingerprint density at radius 2 is 1.76 bits per heavy atom. The minimum absolute atomic E-state index is 0.353. The van der Waals surface area contributed by atoms with E-state index in [0.29, 0.717) is 28.3 Å². The molecule has 21 heavy (non-hydrogen) atoms. The fraction of sp³-hybridized carbons (Fsp3) is 0. The fourth-order valence-corrected chi connectivity index (χ4v) is 2.00. The summed E-state index contributed by atoms with van der Waals surface area (Å²) < 4.78 is 39.4. The molecule has 0 unspecified atom stereocenters. The van der Waals surface area contributed by atoms with Crippen molar-refractivity contribution in [2.75, 3.05) is 5.73 Å². The molecule has 0 fully saturated rings. The van der Waals surface area contributed by atoms with E-state index < -0.39 is 17.5 Å². The van der Waals surface area contributed by atoms with Gasteiger partial charge in [0.1, 0.15) is 11.6 Å². The molecule has 3 rings (SSSR count). The third kappa shape index (κ3) is 2.47. The number of anilines is 1. The molecule has 0 spiro atoms. The van der Waals surface area contributed by atoms with Gasteiger partial charge in [0.2, 0.25) is 0 Å². The van der Waals surface area contributed by atoms with Crippen LogP contribution < -0.4 is 5.73 Å². The summed E-state index contributed by atoms with van der Waals surface area (Å²) in [6.07, 6.45) is 1.45. The molecule has 1 heterocycles. The molecular formula is C15H10F3N3. The number of nitrogens with two attached hydrogens (primary N) is 1. The highest BCUT2D eigenvalue weighted by Gasteiger charge is 2.11. The lowest BCUT2D eigenvalue weighted by molar-refractivity contribution is 0.509. The summed E-state index contributed by atoms with van der Waals surface area (Å²) >= 11 is 0. The number of halogens is 3. The van der Waals surface area contributed by atoms with Crippen molar-refractivity contribution in [1.82, 2.24) is 9.97 Å². The van der Waals surface area contributed by atoms with E-state index in [1.807, 2.05) is 0 Å². The Balaban J connectivity index is 2.03. The van der Waals surface area contributed by atoms with Gasteiger partial charge in [0.15, 0.2) is 11.6 Å². The number of aromatic nitrogens is 2. The molecule has 3 N–H and O–H groups in total. The second kappa shape index (κ2) is 4.97. The van der Waals surface area contributed by atoms with Crippen LogP contribution in [-0.4, -0.2) is 9.97 Å². The topological polar surface area (TPSA) is 54.7 Å². The summed E-state index contributed by atoms with van der Waals surface area (Å²) in [5.74, 6) is -1.96. The Morgan fingerprint density at radius 1 is 0.952 bits per heavy atom. The SMILES string of the molecule is Nc1ccc(F)cc1-c1ncc(-c2ccc(F)c(F)c2)[nH]1. The highest BCUT2D eigenvalue weighted by molar-refractivity contribution is 5.73. The van der Waals surface area contributed by atoms with Crippen molar-refractivity contribution in [1.29, 1.82) is 0 Å². The first kappa shape index (κ1) is 13.2. The van der Waals surface area contributed by atoms with Crippen LogP contribution in [0.25, 0.3) is 22.6 Å². The molecule has 106 valence electrons. The first-order chi connectivity index (χ1) is 10.0. The van der Waals surface area contributed by atoms with Gasteiger partial charge in [-0.1, -0.05) is 0 Å². The standard InChI is InChI=1S/C15H10F3N3/c16-9-2-4-13(19)10(6-9)15-20-7-14(21-15)8-1-3-11(17)12(18)5-8/h1-7H,19H2,(H,20,21). The molecule has 0 aliphatic rings. The number of nitrogens with zero attached hydrogens (tertiary/aromatic N) is 1. The van der Waals surface area contributed by atoms with Crippen LogP contribution in [0.1, 0.15) is 0 Å². The molecule has 0 atom stereocenters. The largest absolute Gasteiger partial charge is 0.398 e. The van der Waals surface area contributed by atoms with E-state index in [0.717, 1.165) is 12.1 Å². The van der Waals surface area contributed by atoms with Crippen molar-refractivity contribution in [2.24, 2.45) is 0 Å². The first-order valence-electron chi connectivity index (χ1n) is 6.10. The van der Waals surface area contributed by atoms with Crippen LogP contribution in [0, 0.1) is 17.5 Å². The third-order valence-corrected chi connectivity index (χ3v) is 3.08. The predicted molar refractivity (Wildman–Crippen MR) is 73.7 cm³/mol. The zero-order valence-electron chi connectivity index (χ0n) is 10.7. The van der Waals surface area contributed by atoms with Crippen LogP contribution in [-0.2, 0) is 0 Å². The van der Waals surface area contributed by atoms with Crippen LogP contribution in [0.5, 0.6) is 0 Å². The smallest absolute Gasteiger partial charge is 0.159 e. The van der Waals surface area contributed by atoms with Crippen molar-refractivity contribution in [3.05, 3.63) is 60.0 Å². The molecule has 0 amide bonds. The molecule has 3 aromatic rings. The molecule has 0 aliphatic heterocycles. The van der Waals surface area contributed by atoms with Gasteiger partial charge in [-0.15, -0.1) is 0 Å². The monoisotopic (exact) mass is 289 g/mol. The maximum atomic E-state index is 13.3. The number of hydrogen-bond donors (Lipinski definition) is 2. The van der Waals surface area contributed by atoms with Gasteiger partial charge in [-0.3, -0.25) is 0 Å². The van der Waals surface area contributed by atoms with Crippen molar-refractivity contribution in [3.63, 3.8) is 0 Å². The maximum absolute atomic E-state index is 13.3. The van der Waals surface area contributed by atoms with Gasteiger partial charge in [0.05, 0.1) is 11.9 Å². The highest BCUT2D eigenvalue weighted by atomic mass is 19.2. The number of rotatable bonds is 2. The summed E-state index contributed by atoms with van der Waals surface area (Å²) in [6.45, 7) is 0. The number of nitrogen functional groups attached to an aromatic ring is 1. The Labute approximate surface area is 118 Å². The minimum atomic E-state index is -0.950. The Morgan fingerprint density at radius 3 is 2.52 bits per heavy atom. The molecule has 0 bridgehead atoms. The molecule has 3 nitrogen and oxygen atoms in total. The van der Waals surface area contributed by atoms with Crippen molar-refractivity contribution < 1.29 is 13.2 Å². The van der Waals surface area contributed by atoms with Crippen molar-refractivity contribution in [2.45, 2.75) is 0 Å². The number of aromatic amines is 1. The summed E-state index contributed by atoms with van der Waals surface area (Å²) in [4.78, 5) is 7.01. The molecule has 0 saturated carbocycles. The molecular weight excluding hydrogens is 279 g/mol. The van der Waals surface area contributed by atoms with E-state index >= 15 is 0 Å². The van der Waals surface area contributed by atoms with Crippen LogP contribution in [0.2, 0.25) is 0 Å². The van der Waals surface area contributed by atoms with Crippen molar-refractivity contribution >= 4 is 5.69 Å². The van der Waals surface area contributed by atoms with E-state index in [1.165, 1.54) is 30.5 Å². The lowest BCUT2D eigenvalue weighted by Gasteiger charge is -2.02. The Kier molecular flexibility index (Phi) is 3.13. The van der Waals surface area contributed by atoms with Gasteiger partial charge in [-0.2, -0.15) is 0 Å². The molecule has 6 heteroatoms. The maximum Gasteiger partial charge on any atom is 0.159 e. The van der Waals surface area contributed by atoms with E-state index in [4.69, 9.17) is 5.73 Å². The van der Waals surface area contributed by atoms with Gasteiger partial charge in [0, 0.05) is 16.8 Å². The van der Waals surface area contributed by atoms with Gasteiger partial charge < -0.3 is 10.7 Å². The minimum Gasteiger partial charge on any atom is -0.398 e. The van der Waals surface area contributed by atoms with E-state index in [2.05, 4.69) is 9.97 Å². The summed E-state index contributed by atoms with van der Waals surface area (Å²) in [5, 5.41) is 0. The zero-order chi connectivity index (χ0) is 15.0. The fourth-order valence-electron chi connectivity index (χ4n) is 2.00. The highest BCUT2D eigenvalue weighted by Crippen LogP contribution is 2.27. The van der Waals surface area contributed by atoms with Gasteiger partial charge in [-0.05, 0) is 36.4 Å². The Bertz CT molecular complexity index is 812. The normalized spacial score (nSPS) is 10.8. The second-order valence-corrected chi connectivity index (χ2v) is 4.51. The van der Waals surface area contributed by atoms with Crippen LogP contribution in [0.4, 0.5) is 18.9 Å². The van der Waals surface area contributed by atoms with Gasteiger partial charge in [-0.25, -0.2) is 18.2 Å². The second-order valence-electron chi connectivity index (χ2n) is 4.51. The molecule has 1 aromatic heterocycles. The average Bonchev–Trinajstić information content (AvgIpc) is 2.94. The van der Waals surface area contributed by atoms with Gasteiger partial charge >= 0.3 is 0 Å². The number of benzene rings is 2. The molecule has 0 aliphatic carbocycles. The predicted octanol–water partition coefficient (Wildman–Crippen LogP) is 3.74. The average molecular weight is 289 g/mol. The first-order valence-corrected chi connectivity index (χ1v) is 6.10. The summed E-state index contributed by atoms with van der Waals surface area (Å²) in [7, 11) is 0. The van der Waals surface area contributed by atoms with E-state index in [1.54, 1.807) is 0 Å². The van der Waals surface area contributed by atoms with Crippen LogP contribution >= 0.6 is 0 Å².